The summed E-state index contributed by atoms with van der Waals surface area (Å²) in [5.74, 6) is 0.378. The lowest BCUT2D eigenvalue weighted by Crippen LogP contribution is -2.12. The van der Waals surface area contributed by atoms with Gasteiger partial charge in [-0.05, 0) is 19.1 Å². The Balaban J connectivity index is 2.31. The summed E-state index contributed by atoms with van der Waals surface area (Å²) in [6.07, 6.45) is 1.51. The van der Waals surface area contributed by atoms with Crippen molar-refractivity contribution < 1.29 is 0 Å². The van der Waals surface area contributed by atoms with Crippen molar-refractivity contribution >= 4 is 23.2 Å². The minimum absolute atomic E-state index is 0.162. The average molecular weight is 236 g/mol. The second kappa shape index (κ2) is 4.37. The minimum Gasteiger partial charge on any atom is -0.324 e. The van der Waals surface area contributed by atoms with E-state index in [2.05, 4.69) is 15.3 Å². The first-order valence-corrected chi connectivity index (χ1v) is 5.12. The van der Waals surface area contributed by atoms with Gasteiger partial charge in [0, 0.05) is 11.8 Å². The maximum Gasteiger partial charge on any atom is 0.255 e. The molecule has 0 saturated heterocycles. The Bertz CT molecular complexity index is 565. The zero-order valence-corrected chi connectivity index (χ0v) is 9.38. The molecule has 0 radical (unpaired) electrons. The van der Waals surface area contributed by atoms with Crippen LogP contribution in [0, 0.1) is 6.92 Å². The highest BCUT2D eigenvalue weighted by atomic mass is 35.5. The van der Waals surface area contributed by atoms with Gasteiger partial charge in [-0.3, -0.25) is 9.78 Å². The molecule has 4 nitrogen and oxygen atoms in total. The van der Waals surface area contributed by atoms with Gasteiger partial charge in [0.2, 0.25) is 5.95 Å². The smallest absolute Gasteiger partial charge is 0.255 e. The van der Waals surface area contributed by atoms with E-state index in [0.717, 1.165) is 0 Å². The zero-order valence-electron chi connectivity index (χ0n) is 8.62. The van der Waals surface area contributed by atoms with Crippen LogP contribution in [-0.4, -0.2) is 9.97 Å². The van der Waals surface area contributed by atoms with Gasteiger partial charge >= 0.3 is 0 Å². The second-order valence-corrected chi connectivity index (χ2v) is 3.76. The fourth-order valence-electron chi connectivity index (χ4n) is 1.21. The van der Waals surface area contributed by atoms with Crippen LogP contribution in [0.5, 0.6) is 0 Å². The van der Waals surface area contributed by atoms with Crippen LogP contribution < -0.4 is 10.9 Å². The standard InChI is InChI=1S/C11H10ClN3O/c1-7-6-13-11(15-10(7)16)14-9-5-3-2-4-8(9)12/h2-6H,1H3,(H2,13,14,15,16). The summed E-state index contributed by atoms with van der Waals surface area (Å²) >= 11 is 5.96. The summed E-state index contributed by atoms with van der Waals surface area (Å²) in [4.78, 5) is 18.0. The van der Waals surface area contributed by atoms with Gasteiger partial charge in [-0.25, -0.2) is 4.98 Å². The Hall–Kier alpha value is -1.81. The maximum atomic E-state index is 11.3. The van der Waals surface area contributed by atoms with Crippen LogP contribution in [-0.2, 0) is 0 Å². The quantitative estimate of drug-likeness (QED) is 0.841. The predicted octanol–water partition coefficient (Wildman–Crippen LogP) is 2.48. The number of nitrogens with one attached hydrogen (secondary N) is 2. The molecule has 0 aliphatic rings. The van der Waals surface area contributed by atoms with Crippen LogP contribution in [0.3, 0.4) is 0 Å². The van der Waals surface area contributed by atoms with Crippen molar-refractivity contribution in [1.82, 2.24) is 9.97 Å². The largest absolute Gasteiger partial charge is 0.324 e. The lowest BCUT2D eigenvalue weighted by atomic mass is 10.3. The van der Waals surface area contributed by atoms with Crippen molar-refractivity contribution in [3.05, 3.63) is 51.4 Å². The lowest BCUT2D eigenvalue weighted by Gasteiger charge is -2.06. The molecule has 82 valence electrons. The molecule has 16 heavy (non-hydrogen) atoms. The van der Waals surface area contributed by atoms with Crippen LogP contribution in [0.25, 0.3) is 0 Å². The van der Waals surface area contributed by atoms with E-state index in [1.807, 2.05) is 18.2 Å². The highest BCUT2D eigenvalue weighted by Gasteiger charge is 2.01. The molecule has 2 aromatic rings. The first kappa shape index (κ1) is 10.7. The van der Waals surface area contributed by atoms with E-state index in [4.69, 9.17) is 11.6 Å². The van der Waals surface area contributed by atoms with Gasteiger partial charge in [0.15, 0.2) is 0 Å². The number of H-pyrrole nitrogens is 1. The maximum absolute atomic E-state index is 11.3. The Morgan fingerprint density at radius 1 is 1.38 bits per heavy atom. The third-order valence-electron chi connectivity index (χ3n) is 2.10. The van der Waals surface area contributed by atoms with Crippen molar-refractivity contribution in [3.8, 4) is 0 Å². The van der Waals surface area contributed by atoms with E-state index in [-0.39, 0.29) is 5.56 Å². The number of benzene rings is 1. The summed E-state index contributed by atoms with van der Waals surface area (Å²) in [5, 5.41) is 3.52. The molecule has 0 aliphatic carbocycles. The number of aromatic nitrogens is 2. The van der Waals surface area contributed by atoms with E-state index < -0.39 is 0 Å². The van der Waals surface area contributed by atoms with Crippen LogP contribution >= 0.6 is 11.6 Å². The Morgan fingerprint density at radius 2 is 2.12 bits per heavy atom. The van der Waals surface area contributed by atoms with Crippen LogP contribution in [0.1, 0.15) is 5.56 Å². The van der Waals surface area contributed by atoms with Gasteiger partial charge in [0.25, 0.3) is 5.56 Å². The number of hydrogen-bond donors (Lipinski definition) is 2. The van der Waals surface area contributed by atoms with E-state index >= 15 is 0 Å². The topological polar surface area (TPSA) is 57.8 Å². The van der Waals surface area contributed by atoms with E-state index in [0.29, 0.717) is 22.2 Å². The van der Waals surface area contributed by atoms with Gasteiger partial charge in [-0.2, -0.15) is 0 Å². The molecule has 0 amide bonds. The van der Waals surface area contributed by atoms with E-state index in [9.17, 15) is 4.79 Å². The number of aromatic amines is 1. The summed E-state index contributed by atoms with van der Waals surface area (Å²) in [5.41, 5.74) is 1.12. The zero-order chi connectivity index (χ0) is 11.5. The molecule has 0 unspecified atom stereocenters. The van der Waals surface area contributed by atoms with E-state index in [1.165, 1.54) is 6.20 Å². The third kappa shape index (κ3) is 2.23. The van der Waals surface area contributed by atoms with Crippen LogP contribution in [0.15, 0.2) is 35.3 Å². The number of rotatable bonds is 2. The molecule has 0 spiro atoms. The van der Waals surface area contributed by atoms with Crippen molar-refractivity contribution in [2.75, 3.05) is 5.32 Å². The first-order chi connectivity index (χ1) is 7.66. The van der Waals surface area contributed by atoms with Gasteiger partial charge in [-0.15, -0.1) is 0 Å². The molecule has 0 aliphatic heterocycles. The Labute approximate surface area is 97.3 Å². The Kier molecular flexibility index (Phi) is 2.92. The molecule has 2 rings (SSSR count). The molecule has 0 bridgehead atoms. The summed E-state index contributed by atoms with van der Waals surface area (Å²) in [6.45, 7) is 1.70. The summed E-state index contributed by atoms with van der Waals surface area (Å²) in [7, 11) is 0. The SMILES string of the molecule is Cc1cnc(Nc2ccccc2Cl)[nH]c1=O. The number of halogens is 1. The third-order valence-corrected chi connectivity index (χ3v) is 2.43. The van der Waals surface area contributed by atoms with Crippen molar-refractivity contribution in [1.29, 1.82) is 0 Å². The van der Waals surface area contributed by atoms with Gasteiger partial charge in [0.05, 0.1) is 10.7 Å². The molecule has 1 heterocycles. The molecule has 0 fully saturated rings. The van der Waals surface area contributed by atoms with Crippen molar-refractivity contribution in [2.24, 2.45) is 0 Å². The number of anilines is 2. The monoisotopic (exact) mass is 235 g/mol. The normalized spacial score (nSPS) is 10.1. The number of para-hydroxylation sites is 1. The number of aryl methyl sites for hydroxylation is 1. The molecule has 2 N–H and O–H groups in total. The molecular weight excluding hydrogens is 226 g/mol. The molecule has 0 atom stereocenters. The van der Waals surface area contributed by atoms with Gasteiger partial charge < -0.3 is 5.32 Å². The van der Waals surface area contributed by atoms with Crippen molar-refractivity contribution in [2.45, 2.75) is 6.92 Å². The highest BCUT2D eigenvalue weighted by Crippen LogP contribution is 2.22. The molecule has 1 aromatic carbocycles. The lowest BCUT2D eigenvalue weighted by molar-refractivity contribution is 1.08. The van der Waals surface area contributed by atoms with Gasteiger partial charge in [-0.1, -0.05) is 23.7 Å². The van der Waals surface area contributed by atoms with E-state index in [1.54, 1.807) is 13.0 Å². The summed E-state index contributed by atoms with van der Waals surface area (Å²) < 4.78 is 0. The highest BCUT2D eigenvalue weighted by molar-refractivity contribution is 6.33. The molecule has 0 saturated carbocycles. The van der Waals surface area contributed by atoms with Crippen LogP contribution in [0.4, 0.5) is 11.6 Å². The second-order valence-electron chi connectivity index (χ2n) is 3.35. The first-order valence-electron chi connectivity index (χ1n) is 4.74. The van der Waals surface area contributed by atoms with Crippen molar-refractivity contribution in [3.63, 3.8) is 0 Å². The average Bonchev–Trinajstić information content (AvgIpc) is 2.27. The number of nitrogens with zero attached hydrogens (tertiary/aromatic N) is 1. The fraction of sp³-hybridized carbons (Fsp3) is 0.0909. The predicted molar refractivity (Wildman–Crippen MR) is 64.3 cm³/mol. The molecule has 1 aromatic heterocycles. The Morgan fingerprint density at radius 3 is 2.81 bits per heavy atom. The number of hydrogen-bond acceptors (Lipinski definition) is 3. The van der Waals surface area contributed by atoms with Gasteiger partial charge in [0.1, 0.15) is 0 Å². The minimum atomic E-state index is -0.162. The van der Waals surface area contributed by atoms with Crippen LogP contribution in [0.2, 0.25) is 5.02 Å². The summed E-state index contributed by atoms with van der Waals surface area (Å²) in [6, 6.07) is 7.25. The fourth-order valence-corrected chi connectivity index (χ4v) is 1.40. The molecular formula is C11H10ClN3O. The molecule has 5 heteroatoms.